The van der Waals surface area contributed by atoms with Crippen LogP contribution in [0.15, 0.2) is 0 Å². The Hall–Kier alpha value is -1.10. The van der Waals surface area contributed by atoms with E-state index in [-0.39, 0.29) is 29.9 Å². The van der Waals surface area contributed by atoms with Gasteiger partial charge < -0.3 is 16.4 Å². The van der Waals surface area contributed by atoms with Crippen LogP contribution in [0.1, 0.15) is 33.6 Å². The summed E-state index contributed by atoms with van der Waals surface area (Å²) in [4.78, 5) is 22.4. The van der Waals surface area contributed by atoms with Gasteiger partial charge in [0.15, 0.2) is 0 Å². The van der Waals surface area contributed by atoms with Crippen molar-refractivity contribution < 1.29 is 9.59 Å². The van der Waals surface area contributed by atoms with Gasteiger partial charge in [-0.1, -0.05) is 13.8 Å². The van der Waals surface area contributed by atoms with Crippen LogP contribution in [0.3, 0.4) is 0 Å². The molecule has 0 radical (unpaired) electrons. The van der Waals surface area contributed by atoms with Crippen LogP contribution in [0.2, 0.25) is 0 Å². The predicted molar refractivity (Wildman–Crippen MR) is 61.6 cm³/mol. The van der Waals surface area contributed by atoms with Gasteiger partial charge in [-0.25, -0.2) is 0 Å². The zero-order chi connectivity index (χ0) is 12.3. The lowest BCUT2D eigenvalue weighted by Gasteiger charge is -2.23. The van der Waals surface area contributed by atoms with E-state index in [4.69, 9.17) is 5.73 Å². The molecule has 0 aliphatic carbocycles. The molecule has 0 aromatic carbocycles. The summed E-state index contributed by atoms with van der Waals surface area (Å²) in [6.45, 7) is 6.01. The lowest BCUT2D eigenvalue weighted by molar-refractivity contribution is -0.121. The molecule has 16 heavy (non-hydrogen) atoms. The van der Waals surface area contributed by atoms with Crippen molar-refractivity contribution in [3.63, 3.8) is 0 Å². The third kappa shape index (κ3) is 3.48. The van der Waals surface area contributed by atoms with E-state index in [1.54, 1.807) is 0 Å². The average molecular weight is 227 g/mol. The summed E-state index contributed by atoms with van der Waals surface area (Å²) in [7, 11) is 0. The second kappa shape index (κ2) is 5.30. The van der Waals surface area contributed by atoms with Crippen LogP contribution in [0.5, 0.6) is 0 Å². The molecule has 1 heterocycles. The standard InChI is InChI=1S/C11H21N3O2/c1-6(2)4-9(11(12)16)14-8-5-10(15)13-7(8)3/h6-9,14H,4-5H2,1-3H3,(H2,12,16)(H,13,15)/t7-,8-,9-/m0/s1. The number of hydrogen-bond acceptors (Lipinski definition) is 3. The third-order valence-electron chi connectivity index (χ3n) is 2.86. The average Bonchev–Trinajstić information content (AvgIpc) is 2.43. The molecule has 0 aromatic heterocycles. The molecular weight excluding hydrogens is 206 g/mol. The van der Waals surface area contributed by atoms with Crippen LogP contribution in [-0.2, 0) is 9.59 Å². The first-order valence-electron chi connectivity index (χ1n) is 5.75. The largest absolute Gasteiger partial charge is 0.368 e. The van der Waals surface area contributed by atoms with E-state index in [9.17, 15) is 9.59 Å². The molecule has 1 rings (SSSR count). The fourth-order valence-corrected chi connectivity index (χ4v) is 1.99. The summed E-state index contributed by atoms with van der Waals surface area (Å²) in [6.07, 6.45) is 1.12. The quantitative estimate of drug-likeness (QED) is 0.605. The maximum Gasteiger partial charge on any atom is 0.234 e. The molecule has 5 nitrogen and oxygen atoms in total. The fraction of sp³-hybridized carbons (Fsp3) is 0.818. The number of amides is 2. The second-order valence-corrected chi connectivity index (χ2v) is 4.92. The second-order valence-electron chi connectivity index (χ2n) is 4.92. The van der Waals surface area contributed by atoms with Gasteiger partial charge in [0.05, 0.1) is 6.04 Å². The van der Waals surface area contributed by atoms with Gasteiger partial charge in [0.1, 0.15) is 0 Å². The van der Waals surface area contributed by atoms with Gasteiger partial charge in [-0.05, 0) is 19.3 Å². The molecule has 0 spiro atoms. The zero-order valence-corrected chi connectivity index (χ0v) is 10.1. The molecule has 0 aromatic rings. The molecule has 0 bridgehead atoms. The minimum absolute atomic E-state index is 0.00347. The number of primary amides is 1. The molecule has 0 unspecified atom stereocenters. The van der Waals surface area contributed by atoms with Gasteiger partial charge >= 0.3 is 0 Å². The van der Waals surface area contributed by atoms with Crippen molar-refractivity contribution in [2.75, 3.05) is 0 Å². The van der Waals surface area contributed by atoms with Crippen molar-refractivity contribution in [2.24, 2.45) is 11.7 Å². The Kier molecular flexibility index (Phi) is 4.29. The number of nitrogens with one attached hydrogen (secondary N) is 2. The van der Waals surface area contributed by atoms with Gasteiger partial charge in [-0.3, -0.25) is 9.59 Å². The van der Waals surface area contributed by atoms with E-state index in [1.807, 2.05) is 20.8 Å². The van der Waals surface area contributed by atoms with Crippen LogP contribution < -0.4 is 16.4 Å². The van der Waals surface area contributed by atoms with Gasteiger partial charge in [0.25, 0.3) is 0 Å². The van der Waals surface area contributed by atoms with Crippen molar-refractivity contribution >= 4 is 11.8 Å². The van der Waals surface area contributed by atoms with Gasteiger partial charge in [0, 0.05) is 18.5 Å². The van der Waals surface area contributed by atoms with Crippen LogP contribution in [-0.4, -0.2) is 29.9 Å². The van der Waals surface area contributed by atoms with Gasteiger partial charge in [-0.15, -0.1) is 0 Å². The van der Waals surface area contributed by atoms with Crippen LogP contribution >= 0.6 is 0 Å². The van der Waals surface area contributed by atoms with Crippen LogP contribution in [0.4, 0.5) is 0 Å². The first-order chi connectivity index (χ1) is 7.40. The molecule has 1 aliphatic rings. The molecule has 1 aliphatic heterocycles. The van der Waals surface area contributed by atoms with Gasteiger partial charge in [-0.2, -0.15) is 0 Å². The monoisotopic (exact) mass is 227 g/mol. The minimum atomic E-state index is -0.347. The van der Waals surface area contributed by atoms with Crippen molar-refractivity contribution in [3.8, 4) is 0 Å². The maximum absolute atomic E-state index is 11.3. The normalized spacial score (nSPS) is 26.9. The van der Waals surface area contributed by atoms with E-state index < -0.39 is 0 Å². The minimum Gasteiger partial charge on any atom is -0.368 e. The van der Waals surface area contributed by atoms with Crippen molar-refractivity contribution in [2.45, 2.75) is 51.7 Å². The summed E-state index contributed by atoms with van der Waals surface area (Å²) in [5, 5.41) is 5.98. The SMILES string of the molecule is CC(C)C[C@H](N[C@H]1CC(=O)N[C@H]1C)C(N)=O. The number of nitrogens with two attached hydrogens (primary N) is 1. The topological polar surface area (TPSA) is 84.2 Å². The lowest BCUT2D eigenvalue weighted by atomic mass is 10.0. The Labute approximate surface area is 96.1 Å². The summed E-state index contributed by atoms with van der Waals surface area (Å²) in [5.41, 5.74) is 5.34. The van der Waals surface area contributed by atoms with E-state index in [1.165, 1.54) is 0 Å². The van der Waals surface area contributed by atoms with Crippen LogP contribution in [0.25, 0.3) is 0 Å². The summed E-state index contributed by atoms with van der Waals surface area (Å²) >= 11 is 0. The molecule has 2 amide bonds. The zero-order valence-electron chi connectivity index (χ0n) is 10.1. The number of carbonyl (C=O) groups is 2. The smallest absolute Gasteiger partial charge is 0.234 e. The first-order valence-corrected chi connectivity index (χ1v) is 5.75. The summed E-state index contributed by atoms with van der Waals surface area (Å²) < 4.78 is 0. The van der Waals surface area contributed by atoms with E-state index in [0.717, 1.165) is 0 Å². The van der Waals surface area contributed by atoms with E-state index in [2.05, 4.69) is 10.6 Å². The Balaban J connectivity index is 2.54. The van der Waals surface area contributed by atoms with Crippen molar-refractivity contribution in [1.29, 1.82) is 0 Å². The van der Waals surface area contributed by atoms with Crippen molar-refractivity contribution in [3.05, 3.63) is 0 Å². The highest BCUT2D eigenvalue weighted by Gasteiger charge is 2.31. The summed E-state index contributed by atoms with van der Waals surface area (Å²) in [6, 6.07) is -0.287. The molecule has 0 saturated carbocycles. The highest BCUT2D eigenvalue weighted by atomic mass is 16.2. The number of rotatable bonds is 5. The number of hydrogen-bond donors (Lipinski definition) is 3. The molecule has 4 N–H and O–H groups in total. The highest BCUT2D eigenvalue weighted by molar-refractivity contribution is 5.81. The predicted octanol–water partition coefficient (Wildman–Crippen LogP) is -0.247. The van der Waals surface area contributed by atoms with E-state index in [0.29, 0.717) is 18.8 Å². The summed E-state index contributed by atoms with van der Waals surface area (Å²) in [5.74, 6) is 0.0726. The van der Waals surface area contributed by atoms with E-state index >= 15 is 0 Å². The molecule has 92 valence electrons. The number of carbonyl (C=O) groups excluding carboxylic acids is 2. The van der Waals surface area contributed by atoms with Crippen molar-refractivity contribution in [1.82, 2.24) is 10.6 Å². The Morgan fingerprint density at radius 2 is 2.25 bits per heavy atom. The van der Waals surface area contributed by atoms with Crippen LogP contribution in [0, 0.1) is 5.92 Å². The Morgan fingerprint density at radius 3 is 2.62 bits per heavy atom. The highest BCUT2D eigenvalue weighted by Crippen LogP contribution is 2.11. The maximum atomic E-state index is 11.3. The molecular formula is C11H21N3O2. The lowest BCUT2D eigenvalue weighted by Crippen LogP contribution is -2.50. The molecule has 5 heteroatoms. The first kappa shape index (κ1) is 13.0. The Bertz CT molecular complexity index is 278. The molecule has 1 fully saturated rings. The third-order valence-corrected chi connectivity index (χ3v) is 2.86. The molecule has 3 atom stereocenters. The fourth-order valence-electron chi connectivity index (χ4n) is 1.99. The Morgan fingerprint density at radius 1 is 1.62 bits per heavy atom. The molecule has 1 saturated heterocycles. The van der Waals surface area contributed by atoms with Gasteiger partial charge in [0.2, 0.25) is 11.8 Å².